The average Bonchev–Trinajstić information content (AvgIpc) is 2.40. The van der Waals surface area contributed by atoms with Crippen molar-refractivity contribution in [3.05, 3.63) is 28.8 Å². The summed E-state index contributed by atoms with van der Waals surface area (Å²) in [5, 5.41) is 3.45. The molecule has 1 unspecified atom stereocenters. The van der Waals surface area contributed by atoms with Gasteiger partial charge in [0.25, 0.3) is 5.91 Å². The maximum absolute atomic E-state index is 11.9. The quantitative estimate of drug-likeness (QED) is 0.783. The van der Waals surface area contributed by atoms with E-state index in [1.807, 2.05) is 19.9 Å². The molecule has 0 aliphatic carbocycles. The first kappa shape index (κ1) is 15.8. The van der Waals surface area contributed by atoms with Gasteiger partial charge >= 0.3 is 0 Å². The highest BCUT2D eigenvalue weighted by atomic mass is 35.5. The molecule has 0 saturated carbocycles. The second-order valence-electron chi connectivity index (χ2n) is 4.21. The van der Waals surface area contributed by atoms with Crippen LogP contribution in [0.4, 0.5) is 0 Å². The Kier molecular flexibility index (Phi) is 6.67. The molecule has 106 valence electrons. The average molecular weight is 286 g/mol. The molecule has 1 amide bonds. The molecule has 0 saturated heterocycles. The number of hydrogen-bond acceptors (Lipinski definition) is 3. The first-order chi connectivity index (χ1) is 9.08. The lowest BCUT2D eigenvalue weighted by Crippen LogP contribution is -2.39. The molecular formula is C14H20ClNO3. The predicted octanol–water partition coefficient (Wildman–Crippen LogP) is 2.57. The van der Waals surface area contributed by atoms with Crippen LogP contribution in [0.25, 0.3) is 0 Å². The third-order valence-electron chi connectivity index (χ3n) is 2.68. The Labute approximate surface area is 119 Å². The van der Waals surface area contributed by atoms with Gasteiger partial charge in [0.1, 0.15) is 5.75 Å². The second kappa shape index (κ2) is 8.02. The maximum Gasteiger partial charge on any atom is 0.261 e. The zero-order valence-electron chi connectivity index (χ0n) is 11.5. The molecule has 1 aromatic rings. The summed E-state index contributed by atoms with van der Waals surface area (Å²) in [6, 6.07) is 5.36. The summed E-state index contributed by atoms with van der Waals surface area (Å²) in [5.74, 6) is 0.516. The highest BCUT2D eigenvalue weighted by Gasteiger charge is 2.17. The lowest BCUT2D eigenvalue weighted by atomic mass is 10.2. The van der Waals surface area contributed by atoms with E-state index in [0.29, 0.717) is 30.3 Å². The Morgan fingerprint density at radius 2 is 2.21 bits per heavy atom. The molecule has 0 fully saturated rings. The molecule has 1 aromatic carbocycles. The summed E-state index contributed by atoms with van der Waals surface area (Å²) in [7, 11) is 1.59. The van der Waals surface area contributed by atoms with Gasteiger partial charge in [-0.15, -0.1) is 0 Å². The lowest BCUT2D eigenvalue weighted by Gasteiger charge is -2.17. The van der Waals surface area contributed by atoms with Gasteiger partial charge < -0.3 is 14.8 Å². The zero-order valence-corrected chi connectivity index (χ0v) is 12.3. The van der Waals surface area contributed by atoms with E-state index in [0.717, 1.165) is 5.56 Å². The summed E-state index contributed by atoms with van der Waals surface area (Å²) in [4.78, 5) is 11.9. The third kappa shape index (κ3) is 5.09. The molecule has 1 rings (SSSR count). The van der Waals surface area contributed by atoms with Gasteiger partial charge in [0.05, 0.1) is 6.61 Å². The second-order valence-corrected chi connectivity index (χ2v) is 4.62. The van der Waals surface area contributed by atoms with Gasteiger partial charge in [-0.3, -0.25) is 4.79 Å². The van der Waals surface area contributed by atoms with Crippen LogP contribution in [0.1, 0.15) is 18.9 Å². The van der Waals surface area contributed by atoms with Gasteiger partial charge in [0.2, 0.25) is 0 Å². The van der Waals surface area contributed by atoms with Gasteiger partial charge in [-0.2, -0.15) is 0 Å². The molecule has 0 aliphatic rings. The topological polar surface area (TPSA) is 47.6 Å². The number of rotatable bonds is 7. The van der Waals surface area contributed by atoms with Gasteiger partial charge in [-0.1, -0.05) is 18.5 Å². The van der Waals surface area contributed by atoms with Gasteiger partial charge in [0, 0.05) is 18.7 Å². The number of hydrogen-bond donors (Lipinski definition) is 1. The van der Waals surface area contributed by atoms with Gasteiger partial charge in [-0.05, 0) is 37.1 Å². The Hall–Kier alpha value is -1.26. The number of nitrogens with one attached hydrogen (secondary N) is 1. The van der Waals surface area contributed by atoms with Crippen LogP contribution in [0.2, 0.25) is 5.02 Å². The van der Waals surface area contributed by atoms with Crippen LogP contribution in [0, 0.1) is 6.92 Å². The Balaban J connectivity index is 2.60. The SMILES string of the molecule is CCC(Oc1ccc(Cl)c(C)c1)C(=O)NCCOC. The fraction of sp³-hybridized carbons (Fsp3) is 0.500. The summed E-state index contributed by atoms with van der Waals surface area (Å²) in [6.45, 7) is 4.77. The van der Waals surface area contributed by atoms with Crippen molar-refractivity contribution >= 4 is 17.5 Å². The fourth-order valence-electron chi connectivity index (χ4n) is 1.57. The van der Waals surface area contributed by atoms with Crippen LogP contribution in [-0.2, 0) is 9.53 Å². The molecule has 0 bridgehead atoms. The van der Waals surface area contributed by atoms with Crippen molar-refractivity contribution in [1.82, 2.24) is 5.32 Å². The van der Waals surface area contributed by atoms with Crippen LogP contribution < -0.4 is 10.1 Å². The van der Waals surface area contributed by atoms with Gasteiger partial charge in [0.15, 0.2) is 6.10 Å². The standard InChI is InChI=1S/C14H20ClNO3/c1-4-13(14(17)16-7-8-18-3)19-11-5-6-12(15)10(2)9-11/h5-6,9,13H,4,7-8H2,1-3H3,(H,16,17). The van der Waals surface area contributed by atoms with Crippen molar-refractivity contribution in [3.8, 4) is 5.75 Å². The lowest BCUT2D eigenvalue weighted by molar-refractivity contribution is -0.128. The van der Waals surface area contributed by atoms with Crippen molar-refractivity contribution in [1.29, 1.82) is 0 Å². The normalized spacial score (nSPS) is 12.0. The van der Waals surface area contributed by atoms with Crippen LogP contribution in [0.15, 0.2) is 18.2 Å². The van der Waals surface area contributed by atoms with Crippen LogP contribution in [0.5, 0.6) is 5.75 Å². The molecule has 0 heterocycles. The molecule has 0 radical (unpaired) electrons. The molecule has 0 aliphatic heterocycles. The number of amides is 1. The summed E-state index contributed by atoms with van der Waals surface area (Å²) in [6.07, 6.45) is 0.0953. The number of ether oxygens (including phenoxy) is 2. The van der Waals surface area contributed by atoms with Crippen molar-refractivity contribution in [3.63, 3.8) is 0 Å². The minimum absolute atomic E-state index is 0.132. The highest BCUT2D eigenvalue weighted by molar-refractivity contribution is 6.31. The van der Waals surface area contributed by atoms with E-state index in [9.17, 15) is 4.79 Å². The van der Waals surface area contributed by atoms with E-state index in [-0.39, 0.29) is 5.91 Å². The van der Waals surface area contributed by atoms with Crippen molar-refractivity contribution in [2.24, 2.45) is 0 Å². The smallest absolute Gasteiger partial charge is 0.261 e. The minimum atomic E-state index is -0.502. The largest absolute Gasteiger partial charge is 0.481 e. The molecular weight excluding hydrogens is 266 g/mol. The van der Waals surface area contributed by atoms with E-state index in [4.69, 9.17) is 21.1 Å². The number of halogens is 1. The third-order valence-corrected chi connectivity index (χ3v) is 3.10. The zero-order chi connectivity index (χ0) is 14.3. The van der Waals surface area contributed by atoms with Crippen molar-refractivity contribution in [2.45, 2.75) is 26.4 Å². The van der Waals surface area contributed by atoms with E-state index in [1.54, 1.807) is 19.2 Å². The number of carbonyl (C=O) groups is 1. The molecule has 0 aromatic heterocycles. The molecule has 5 heteroatoms. The van der Waals surface area contributed by atoms with Gasteiger partial charge in [-0.25, -0.2) is 0 Å². The van der Waals surface area contributed by atoms with Crippen LogP contribution in [-0.4, -0.2) is 32.3 Å². The molecule has 1 atom stereocenters. The van der Waals surface area contributed by atoms with E-state index >= 15 is 0 Å². The van der Waals surface area contributed by atoms with E-state index in [2.05, 4.69) is 5.32 Å². The Morgan fingerprint density at radius 1 is 1.47 bits per heavy atom. The molecule has 0 spiro atoms. The first-order valence-corrected chi connectivity index (χ1v) is 6.65. The van der Waals surface area contributed by atoms with E-state index in [1.165, 1.54) is 0 Å². The fourth-order valence-corrected chi connectivity index (χ4v) is 1.68. The minimum Gasteiger partial charge on any atom is -0.481 e. The van der Waals surface area contributed by atoms with Crippen molar-refractivity contribution in [2.75, 3.05) is 20.3 Å². The number of methoxy groups -OCH3 is 1. The molecule has 19 heavy (non-hydrogen) atoms. The molecule has 4 nitrogen and oxygen atoms in total. The van der Waals surface area contributed by atoms with Crippen LogP contribution >= 0.6 is 11.6 Å². The number of carbonyl (C=O) groups excluding carboxylic acids is 1. The predicted molar refractivity (Wildman–Crippen MR) is 75.8 cm³/mol. The van der Waals surface area contributed by atoms with Crippen LogP contribution in [0.3, 0.4) is 0 Å². The summed E-state index contributed by atoms with van der Waals surface area (Å²) >= 11 is 5.95. The molecule has 1 N–H and O–H groups in total. The Bertz CT molecular complexity index is 423. The van der Waals surface area contributed by atoms with Crippen molar-refractivity contribution < 1.29 is 14.3 Å². The summed E-state index contributed by atoms with van der Waals surface area (Å²) in [5.41, 5.74) is 0.925. The highest BCUT2D eigenvalue weighted by Crippen LogP contribution is 2.22. The maximum atomic E-state index is 11.9. The van der Waals surface area contributed by atoms with E-state index < -0.39 is 6.10 Å². The number of benzene rings is 1. The summed E-state index contributed by atoms with van der Waals surface area (Å²) < 4.78 is 10.6. The first-order valence-electron chi connectivity index (χ1n) is 6.28. The Morgan fingerprint density at radius 3 is 2.79 bits per heavy atom. The number of aryl methyl sites for hydroxylation is 1. The monoisotopic (exact) mass is 285 g/mol.